The lowest BCUT2D eigenvalue weighted by molar-refractivity contribution is 0.249. The first kappa shape index (κ1) is 12.3. The Kier molecular flexibility index (Phi) is 4.09. The van der Waals surface area contributed by atoms with Crippen molar-refractivity contribution >= 4 is 11.5 Å². The van der Waals surface area contributed by atoms with Crippen LogP contribution in [0.2, 0.25) is 0 Å². The van der Waals surface area contributed by atoms with Gasteiger partial charge in [0.25, 0.3) is 0 Å². The fraction of sp³-hybridized carbons (Fsp3) is 0.455. The molecular formula is C11H16N4O. The predicted molar refractivity (Wildman–Crippen MR) is 62.7 cm³/mol. The summed E-state index contributed by atoms with van der Waals surface area (Å²) < 4.78 is 0. The minimum absolute atomic E-state index is 0.00537. The third-order valence-electron chi connectivity index (χ3n) is 2.35. The maximum atomic E-state index is 9.18. The van der Waals surface area contributed by atoms with Crippen LogP contribution in [0.5, 0.6) is 0 Å². The molecule has 0 unspecified atom stereocenters. The molecule has 86 valence electrons. The average Bonchev–Trinajstić information content (AvgIpc) is 2.26. The highest BCUT2D eigenvalue weighted by Crippen LogP contribution is 2.17. The number of pyridine rings is 1. The van der Waals surface area contributed by atoms with E-state index in [0.717, 1.165) is 0 Å². The molecule has 1 heterocycles. The van der Waals surface area contributed by atoms with Gasteiger partial charge in [0.2, 0.25) is 0 Å². The van der Waals surface area contributed by atoms with Crippen LogP contribution >= 0.6 is 0 Å². The van der Waals surface area contributed by atoms with Gasteiger partial charge in [0.05, 0.1) is 30.1 Å². The minimum atomic E-state index is -0.122. The van der Waals surface area contributed by atoms with E-state index in [0.29, 0.717) is 17.1 Å². The predicted octanol–water partition coefficient (Wildman–Crippen LogP) is 0.964. The first-order chi connectivity index (χ1) is 7.58. The summed E-state index contributed by atoms with van der Waals surface area (Å²) in [5.41, 5.74) is 6.37. The molecule has 0 fully saturated rings. The molecule has 5 nitrogen and oxygen atoms in total. The van der Waals surface area contributed by atoms with Gasteiger partial charge in [0.1, 0.15) is 11.9 Å². The molecular weight excluding hydrogens is 204 g/mol. The van der Waals surface area contributed by atoms with Crippen molar-refractivity contribution in [2.75, 3.05) is 17.7 Å². The third kappa shape index (κ3) is 2.84. The van der Waals surface area contributed by atoms with Gasteiger partial charge in [-0.05, 0) is 12.0 Å². The maximum absolute atomic E-state index is 9.18. The standard InChI is InChI=1S/C11H16N4O/c1-7(2)10(6-16)15-11-8(4-12)3-9(13)5-14-11/h3,5,7,10,16H,6,13H2,1-2H3,(H,14,15)/t10-/m1/s1. The number of nitrogens with zero attached hydrogens (tertiary/aromatic N) is 2. The number of nitrogens with one attached hydrogen (secondary N) is 1. The summed E-state index contributed by atoms with van der Waals surface area (Å²) in [6.07, 6.45) is 1.48. The SMILES string of the molecule is CC(C)[C@@H](CO)Nc1ncc(N)cc1C#N. The monoisotopic (exact) mass is 220 g/mol. The van der Waals surface area contributed by atoms with Crippen LogP contribution in [0.3, 0.4) is 0 Å². The van der Waals surface area contributed by atoms with Crippen LogP contribution in [0, 0.1) is 17.2 Å². The summed E-state index contributed by atoms with van der Waals surface area (Å²) in [6.45, 7) is 3.96. The summed E-state index contributed by atoms with van der Waals surface area (Å²) in [4.78, 5) is 4.05. The number of hydrogen-bond acceptors (Lipinski definition) is 5. The number of nitrogens with two attached hydrogens (primary N) is 1. The van der Waals surface area contributed by atoms with Crippen molar-refractivity contribution in [3.63, 3.8) is 0 Å². The Hall–Kier alpha value is -1.80. The zero-order valence-corrected chi connectivity index (χ0v) is 9.44. The highest BCUT2D eigenvalue weighted by molar-refractivity contribution is 5.57. The number of aliphatic hydroxyl groups is 1. The molecule has 0 radical (unpaired) electrons. The molecule has 16 heavy (non-hydrogen) atoms. The number of rotatable bonds is 4. The molecule has 1 aromatic heterocycles. The molecule has 1 atom stereocenters. The fourth-order valence-electron chi connectivity index (χ4n) is 1.28. The van der Waals surface area contributed by atoms with E-state index in [9.17, 15) is 5.11 Å². The summed E-state index contributed by atoms with van der Waals surface area (Å²) in [6, 6.07) is 3.46. The number of hydrogen-bond donors (Lipinski definition) is 3. The molecule has 4 N–H and O–H groups in total. The van der Waals surface area contributed by atoms with Crippen molar-refractivity contribution in [1.29, 1.82) is 5.26 Å². The number of nitrogen functional groups attached to an aromatic ring is 1. The molecule has 0 aliphatic heterocycles. The van der Waals surface area contributed by atoms with Gasteiger partial charge in [-0.2, -0.15) is 5.26 Å². The smallest absolute Gasteiger partial charge is 0.144 e. The zero-order valence-electron chi connectivity index (χ0n) is 9.44. The molecule has 0 bridgehead atoms. The van der Waals surface area contributed by atoms with Crippen LogP contribution in [-0.2, 0) is 0 Å². The lowest BCUT2D eigenvalue weighted by atomic mass is 10.1. The molecule has 0 amide bonds. The molecule has 1 rings (SSSR count). The van der Waals surface area contributed by atoms with Crippen molar-refractivity contribution < 1.29 is 5.11 Å². The van der Waals surface area contributed by atoms with E-state index in [1.807, 2.05) is 19.9 Å². The summed E-state index contributed by atoms with van der Waals surface area (Å²) in [7, 11) is 0. The van der Waals surface area contributed by atoms with E-state index < -0.39 is 0 Å². The second-order valence-electron chi connectivity index (χ2n) is 3.95. The van der Waals surface area contributed by atoms with Gasteiger partial charge in [0.15, 0.2) is 0 Å². The first-order valence-electron chi connectivity index (χ1n) is 5.11. The van der Waals surface area contributed by atoms with Crippen molar-refractivity contribution in [1.82, 2.24) is 4.98 Å². The van der Waals surface area contributed by atoms with Crippen molar-refractivity contribution in [3.05, 3.63) is 17.8 Å². The minimum Gasteiger partial charge on any atom is -0.397 e. The van der Waals surface area contributed by atoms with Gasteiger partial charge < -0.3 is 16.2 Å². The normalized spacial score (nSPS) is 12.2. The van der Waals surface area contributed by atoms with E-state index in [2.05, 4.69) is 10.3 Å². The average molecular weight is 220 g/mol. The fourth-order valence-corrected chi connectivity index (χ4v) is 1.28. The van der Waals surface area contributed by atoms with Crippen LogP contribution in [0.4, 0.5) is 11.5 Å². The van der Waals surface area contributed by atoms with Crippen LogP contribution in [0.1, 0.15) is 19.4 Å². The topological polar surface area (TPSA) is 95.0 Å². The summed E-state index contributed by atoms with van der Waals surface area (Å²) in [5, 5.41) is 21.1. The molecule has 0 saturated heterocycles. The molecule has 0 aromatic carbocycles. The largest absolute Gasteiger partial charge is 0.397 e. The van der Waals surface area contributed by atoms with Gasteiger partial charge in [-0.15, -0.1) is 0 Å². The van der Waals surface area contributed by atoms with Crippen molar-refractivity contribution in [2.24, 2.45) is 5.92 Å². The van der Waals surface area contributed by atoms with E-state index in [-0.39, 0.29) is 18.6 Å². The lowest BCUT2D eigenvalue weighted by Crippen LogP contribution is -2.30. The second kappa shape index (κ2) is 5.33. The Labute approximate surface area is 94.9 Å². The van der Waals surface area contributed by atoms with Gasteiger partial charge in [-0.3, -0.25) is 0 Å². The number of anilines is 2. The van der Waals surface area contributed by atoms with Gasteiger partial charge >= 0.3 is 0 Å². The van der Waals surface area contributed by atoms with Gasteiger partial charge in [-0.1, -0.05) is 13.8 Å². The highest BCUT2D eigenvalue weighted by Gasteiger charge is 2.14. The van der Waals surface area contributed by atoms with E-state index >= 15 is 0 Å². The van der Waals surface area contributed by atoms with E-state index in [1.165, 1.54) is 6.20 Å². The van der Waals surface area contributed by atoms with Crippen LogP contribution in [0.15, 0.2) is 12.3 Å². The van der Waals surface area contributed by atoms with Gasteiger partial charge in [0, 0.05) is 0 Å². The number of aromatic nitrogens is 1. The van der Waals surface area contributed by atoms with Crippen LogP contribution in [0.25, 0.3) is 0 Å². The summed E-state index contributed by atoms with van der Waals surface area (Å²) >= 11 is 0. The Morgan fingerprint density at radius 2 is 2.31 bits per heavy atom. The third-order valence-corrected chi connectivity index (χ3v) is 2.35. The molecule has 0 aliphatic rings. The molecule has 0 saturated carbocycles. The van der Waals surface area contributed by atoms with Crippen molar-refractivity contribution in [2.45, 2.75) is 19.9 Å². The molecule has 0 aliphatic carbocycles. The van der Waals surface area contributed by atoms with Crippen molar-refractivity contribution in [3.8, 4) is 6.07 Å². The quantitative estimate of drug-likeness (QED) is 0.702. The maximum Gasteiger partial charge on any atom is 0.144 e. The Morgan fingerprint density at radius 3 is 2.81 bits per heavy atom. The first-order valence-corrected chi connectivity index (χ1v) is 5.11. The zero-order chi connectivity index (χ0) is 12.1. The van der Waals surface area contributed by atoms with Crippen LogP contribution < -0.4 is 11.1 Å². The van der Waals surface area contributed by atoms with Gasteiger partial charge in [-0.25, -0.2) is 4.98 Å². The molecule has 0 spiro atoms. The summed E-state index contributed by atoms with van der Waals surface area (Å²) in [5.74, 6) is 0.709. The second-order valence-corrected chi connectivity index (χ2v) is 3.95. The van der Waals surface area contributed by atoms with E-state index in [1.54, 1.807) is 6.07 Å². The molecule has 5 heteroatoms. The van der Waals surface area contributed by atoms with Crippen LogP contribution in [-0.4, -0.2) is 22.7 Å². The van der Waals surface area contributed by atoms with E-state index in [4.69, 9.17) is 11.0 Å². The number of nitriles is 1. The molecule has 1 aromatic rings. The lowest BCUT2D eigenvalue weighted by Gasteiger charge is -2.21. The highest BCUT2D eigenvalue weighted by atomic mass is 16.3. The Morgan fingerprint density at radius 1 is 1.62 bits per heavy atom. The number of aliphatic hydroxyl groups excluding tert-OH is 1. The Bertz CT molecular complexity index is 397. The Balaban J connectivity index is 2.92.